The molecule has 0 saturated heterocycles. The van der Waals surface area contributed by atoms with Crippen LogP contribution in [-0.2, 0) is 4.79 Å². The van der Waals surface area contributed by atoms with Crippen molar-refractivity contribution in [2.24, 2.45) is 0 Å². The minimum Gasteiger partial charge on any atom is -0.497 e. The molecule has 0 fully saturated rings. The van der Waals surface area contributed by atoms with Crippen LogP contribution in [0.4, 0.5) is 19.0 Å². The smallest absolute Gasteiger partial charge is 0.471 e. The summed E-state index contributed by atoms with van der Waals surface area (Å²) in [4.78, 5) is 22.1. The molecule has 1 amide bonds. The van der Waals surface area contributed by atoms with Crippen LogP contribution >= 0.6 is 0 Å². The number of amides is 1. The number of carboxylic acids is 1. The van der Waals surface area contributed by atoms with E-state index in [0.717, 1.165) is 4.68 Å². The summed E-state index contributed by atoms with van der Waals surface area (Å²) in [5, 5.41) is 17.2. The molecule has 0 saturated carbocycles. The number of nitrogens with one attached hydrogen (secondary N) is 1. The van der Waals surface area contributed by atoms with E-state index in [0.29, 0.717) is 5.75 Å². The Morgan fingerprint density at radius 3 is 2.35 bits per heavy atom. The molecule has 0 aliphatic rings. The first-order valence-corrected chi connectivity index (χ1v) is 5.95. The lowest BCUT2D eigenvalue weighted by molar-refractivity contribution is -0.167. The Balaban J connectivity index is 2.47. The number of aromatic nitrogens is 3. The van der Waals surface area contributed by atoms with Crippen molar-refractivity contribution in [1.29, 1.82) is 0 Å². The van der Waals surface area contributed by atoms with Crippen molar-refractivity contribution in [2.45, 2.75) is 6.18 Å². The second kappa shape index (κ2) is 5.94. The average molecular weight is 330 g/mol. The van der Waals surface area contributed by atoms with Crippen LogP contribution in [-0.4, -0.2) is 45.3 Å². The number of alkyl halides is 3. The van der Waals surface area contributed by atoms with Crippen molar-refractivity contribution in [3.8, 4) is 11.4 Å². The molecular formula is C12H9F3N4O4. The maximum atomic E-state index is 12.4. The number of carbonyl (C=O) groups is 2. The van der Waals surface area contributed by atoms with E-state index < -0.39 is 29.6 Å². The van der Waals surface area contributed by atoms with E-state index in [4.69, 9.17) is 9.84 Å². The van der Waals surface area contributed by atoms with Gasteiger partial charge in [0.2, 0.25) is 5.69 Å². The lowest BCUT2D eigenvalue weighted by atomic mass is 10.3. The number of aromatic carboxylic acids is 1. The Bertz CT molecular complexity index is 740. The van der Waals surface area contributed by atoms with Crippen LogP contribution in [0.2, 0.25) is 0 Å². The van der Waals surface area contributed by atoms with Gasteiger partial charge in [-0.05, 0) is 24.3 Å². The highest BCUT2D eigenvalue weighted by molar-refractivity contribution is 6.00. The summed E-state index contributed by atoms with van der Waals surface area (Å²) in [7, 11) is 1.42. The number of carboxylic acid groups (broad SMARTS) is 1. The summed E-state index contributed by atoms with van der Waals surface area (Å²) in [6.07, 6.45) is -5.19. The van der Waals surface area contributed by atoms with Crippen LogP contribution in [0.3, 0.4) is 0 Å². The van der Waals surface area contributed by atoms with Gasteiger partial charge in [0.15, 0.2) is 5.82 Å². The normalized spacial score (nSPS) is 11.1. The first-order chi connectivity index (χ1) is 10.7. The van der Waals surface area contributed by atoms with Crippen LogP contribution in [0.15, 0.2) is 24.3 Å². The number of nitrogens with zero attached hydrogens (tertiary/aromatic N) is 3. The molecule has 1 aromatic heterocycles. The van der Waals surface area contributed by atoms with Gasteiger partial charge >= 0.3 is 18.1 Å². The number of hydrogen-bond donors (Lipinski definition) is 2. The molecule has 0 aliphatic heterocycles. The van der Waals surface area contributed by atoms with Crippen molar-refractivity contribution < 1.29 is 32.6 Å². The van der Waals surface area contributed by atoms with E-state index in [1.807, 2.05) is 0 Å². The molecule has 23 heavy (non-hydrogen) atoms. The molecule has 1 heterocycles. The summed E-state index contributed by atoms with van der Waals surface area (Å²) < 4.78 is 42.8. The highest BCUT2D eigenvalue weighted by Gasteiger charge is 2.40. The third-order valence-electron chi connectivity index (χ3n) is 2.68. The van der Waals surface area contributed by atoms with Gasteiger partial charge in [0.25, 0.3) is 0 Å². The molecule has 0 unspecified atom stereocenters. The predicted molar refractivity (Wildman–Crippen MR) is 69.6 cm³/mol. The van der Waals surface area contributed by atoms with Crippen molar-refractivity contribution in [3.05, 3.63) is 30.0 Å². The third-order valence-corrected chi connectivity index (χ3v) is 2.68. The maximum Gasteiger partial charge on any atom is 0.471 e. The molecule has 0 spiro atoms. The van der Waals surface area contributed by atoms with E-state index >= 15 is 0 Å². The summed E-state index contributed by atoms with van der Waals surface area (Å²) in [5.41, 5.74) is -0.637. The minimum atomic E-state index is -5.19. The number of carbonyl (C=O) groups excluding carboxylic acids is 1. The molecule has 0 atom stereocenters. The molecule has 11 heteroatoms. The fourth-order valence-electron chi connectivity index (χ4n) is 1.62. The molecule has 8 nitrogen and oxygen atoms in total. The van der Waals surface area contributed by atoms with Gasteiger partial charge in [0, 0.05) is 0 Å². The quantitative estimate of drug-likeness (QED) is 0.879. The fraction of sp³-hybridized carbons (Fsp3) is 0.167. The van der Waals surface area contributed by atoms with Crippen LogP contribution in [0, 0.1) is 0 Å². The first kappa shape index (κ1) is 16.3. The zero-order valence-corrected chi connectivity index (χ0v) is 11.5. The van der Waals surface area contributed by atoms with Gasteiger partial charge in [-0.1, -0.05) is 5.21 Å². The lowest BCUT2D eigenvalue weighted by Gasteiger charge is -2.10. The standard InChI is InChI=1S/C12H9F3N4O4/c1-23-7-4-2-6(3-5-7)19-9(8(10(20)21)17-18-19)16-11(22)12(13,14)15/h2-5H,1H3,(H,16,22)(H,20,21). The number of anilines is 1. The van der Waals surface area contributed by atoms with Crippen molar-refractivity contribution in [1.82, 2.24) is 15.0 Å². The van der Waals surface area contributed by atoms with Gasteiger partial charge in [-0.2, -0.15) is 17.9 Å². The average Bonchev–Trinajstić information content (AvgIpc) is 2.90. The number of rotatable bonds is 4. The van der Waals surface area contributed by atoms with E-state index in [2.05, 4.69) is 10.3 Å². The lowest BCUT2D eigenvalue weighted by Crippen LogP contribution is -2.31. The van der Waals surface area contributed by atoms with Crippen LogP contribution in [0.1, 0.15) is 10.5 Å². The Kier molecular flexibility index (Phi) is 4.20. The van der Waals surface area contributed by atoms with Crippen LogP contribution in [0.5, 0.6) is 5.75 Å². The SMILES string of the molecule is COc1ccc(-n2nnc(C(=O)O)c2NC(=O)C(F)(F)F)cc1. The molecule has 0 radical (unpaired) electrons. The molecule has 2 N–H and O–H groups in total. The highest BCUT2D eigenvalue weighted by Crippen LogP contribution is 2.23. The second-order valence-corrected chi connectivity index (χ2v) is 4.15. The summed E-state index contributed by atoms with van der Waals surface area (Å²) in [5.74, 6) is -4.21. The molecule has 2 aromatic rings. The van der Waals surface area contributed by atoms with E-state index in [1.54, 1.807) is 0 Å². The molecule has 2 rings (SSSR count). The zero-order chi connectivity index (χ0) is 17.2. The highest BCUT2D eigenvalue weighted by atomic mass is 19.4. The van der Waals surface area contributed by atoms with Crippen LogP contribution in [0.25, 0.3) is 5.69 Å². The van der Waals surface area contributed by atoms with E-state index in [9.17, 15) is 22.8 Å². The second-order valence-electron chi connectivity index (χ2n) is 4.15. The Labute approximate surface area is 126 Å². The Morgan fingerprint density at radius 2 is 1.87 bits per heavy atom. The van der Waals surface area contributed by atoms with Gasteiger partial charge in [0.05, 0.1) is 12.8 Å². The van der Waals surface area contributed by atoms with Crippen LogP contribution < -0.4 is 10.1 Å². The number of hydrogen-bond acceptors (Lipinski definition) is 5. The Morgan fingerprint density at radius 1 is 1.26 bits per heavy atom. The number of ether oxygens (including phenoxy) is 1. The molecule has 1 aromatic carbocycles. The molecule has 0 aliphatic carbocycles. The first-order valence-electron chi connectivity index (χ1n) is 5.95. The van der Waals surface area contributed by atoms with E-state index in [1.165, 1.54) is 36.7 Å². The van der Waals surface area contributed by atoms with Gasteiger partial charge in [-0.25, -0.2) is 4.79 Å². The molecular weight excluding hydrogens is 321 g/mol. The third kappa shape index (κ3) is 3.39. The summed E-state index contributed by atoms with van der Waals surface area (Å²) in [6, 6.07) is 5.77. The largest absolute Gasteiger partial charge is 0.497 e. The summed E-state index contributed by atoms with van der Waals surface area (Å²) in [6.45, 7) is 0. The Hall–Kier alpha value is -3.11. The van der Waals surface area contributed by atoms with Crippen molar-refractivity contribution in [3.63, 3.8) is 0 Å². The number of methoxy groups -OCH3 is 1. The van der Waals surface area contributed by atoms with Gasteiger partial charge in [-0.15, -0.1) is 5.10 Å². The van der Waals surface area contributed by atoms with Crippen molar-refractivity contribution in [2.75, 3.05) is 12.4 Å². The number of benzene rings is 1. The maximum absolute atomic E-state index is 12.4. The van der Waals surface area contributed by atoms with Gasteiger partial charge < -0.3 is 15.2 Å². The fourth-order valence-corrected chi connectivity index (χ4v) is 1.62. The van der Waals surface area contributed by atoms with E-state index in [-0.39, 0.29) is 5.69 Å². The predicted octanol–water partition coefficient (Wildman–Crippen LogP) is 1.47. The number of halogens is 3. The topological polar surface area (TPSA) is 106 Å². The summed E-state index contributed by atoms with van der Waals surface area (Å²) >= 11 is 0. The van der Waals surface area contributed by atoms with Crippen molar-refractivity contribution >= 4 is 17.7 Å². The minimum absolute atomic E-state index is 0.184. The van der Waals surface area contributed by atoms with Gasteiger partial charge in [0.1, 0.15) is 5.75 Å². The molecule has 0 bridgehead atoms. The van der Waals surface area contributed by atoms with Gasteiger partial charge in [-0.3, -0.25) is 4.79 Å². The molecule has 122 valence electrons. The zero-order valence-electron chi connectivity index (χ0n) is 11.5. The monoisotopic (exact) mass is 330 g/mol.